The van der Waals surface area contributed by atoms with Gasteiger partial charge in [0.1, 0.15) is 5.75 Å². The van der Waals surface area contributed by atoms with Gasteiger partial charge in [0.2, 0.25) is 5.16 Å². The van der Waals surface area contributed by atoms with Crippen molar-refractivity contribution < 1.29 is 4.74 Å². The molecule has 106 valence electrons. The number of H-pyrrole nitrogens is 1. The molecule has 0 aliphatic heterocycles. The van der Waals surface area contributed by atoms with E-state index >= 15 is 0 Å². The maximum absolute atomic E-state index is 5.13. The summed E-state index contributed by atoms with van der Waals surface area (Å²) in [4.78, 5) is 9.56. The zero-order valence-electron chi connectivity index (χ0n) is 11.2. The van der Waals surface area contributed by atoms with E-state index < -0.39 is 0 Å². The van der Waals surface area contributed by atoms with Crippen LogP contribution in [0.25, 0.3) is 11.4 Å². The molecule has 0 aliphatic carbocycles. The van der Waals surface area contributed by atoms with Crippen molar-refractivity contribution in [3.63, 3.8) is 0 Å². The number of rotatable bonds is 5. The Morgan fingerprint density at radius 2 is 1.76 bits per heavy atom. The molecule has 0 amide bonds. The fourth-order valence-corrected chi connectivity index (χ4v) is 3.34. The van der Waals surface area contributed by atoms with Gasteiger partial charge in [0, 0.05) is 22.9 Å². The third kappa shape index (κ3) is 3.56. The first kappa shape index (κ1) is 14.0. The van der Waals surface area contributed by atoms with E-state index in [1.54, 1.807) is 30.3 Å². The Labute approximate surface area is 130 Å². The van der Waals surface area contributed by atoms with E-state index in [1.165, 1.54) is 10.8 Å². The SMILES string of the molecule is COc1ccc(SSc2n[nH]c(-c3ccncc3)n2)cc1. The van der Waals surface area contributed by atoms with Crippen molar-refractivity contribution in [1.29, 1.82) is 0 Å². The highest BCUT2D eigenvalue weighted by Gasteiger charge is 2.07. The minimum absolute atomic E-state index is 0.697. The molecule has 3 aromatic rings. The lowest BCUT2D eigenvalue weighted by Gasteiger charge is -2.00. The molecule has 0 unspecified atom stereocenters. The second kappa shape index (κ2) is 6.64. The van der Waals surface area contributed by atoms with Crippen molar-refractivity contribution in [2.24, 2.45) is 0 Å². The average molecular weight is 316 g/mol. The minimum atomic E-state index is 0.697. The number of ether oxygens (including phenoxy) is 1. The highest BCUT2D eigenvalue weighted by Crippen LogP contribution is 2.36. The number of methoxy groups -OCH3 is 1. The summed E-state index contributed by atoms with van der Waals surface area (Å²) in [6.07, 6.45) is 3.47. The van der Waals surface area contributed by atoms with Gasteiger partial charge in [0.05, 0.1) is 7.11 Å². The van der Waals surface area contributed by atoms with Crippen molar-refractivity contribution in [2.75, 3.05) is 7.11 Å². The number of hydrogen-bond acceptors (Lipinski definition) is 6. The van der Waals surface area contributed by atoms with Crippen LogP contribution in [0.4, 0.5) is 0 Å². The number of hydrogen-bond donors (Lipinski definition) is 1. The van der Waals surface area contributed by atoms with Gasteiger partial charge in [-0.15, -0.1) is 5.10 Å². The van der Waals surface area contributed by atoms with Crippen LogP contribution in [0, 0.1) is 0 Å². The Morgan fingerprint density at radius 1 is 1.00 bits per heavy atom. The zero-order chi connectivity index (χ0) is 14.5. The van der Waals surface area contributed by atoms with Crippen LogP contribution in [0.2, 0.25) is 0 Å². The van der Waals surface area contributed by atoms with E-state index in [0.717, 1.165) is 22.0 Å². The lowest BCUT2D eigenvalue weighted by Crippen LogP contribution is -1.81. The predicted octanol–water partition coefficient (Wildman–Crippen LogP) is 3.67. The van der Waals surface area contributed by atoms with Crippen molar-refractivity contribution in [3.8, 4) is 17.1 Å². The Kier molecular flexibility index (Phi) is 4.42. The number of aromatic nitrogens is 4. The summed E-state index contributed by atoms with van der Waals surface area (Å²) in [5.74, 6) is 1.59. The molecule has 0 fully saturated rings. The molecule has 0 spiro atoms. The molecule has 7 heteroatoms. The maximum atomic E-state index is 5.13. The van der Waals surface area contributed by atoms with Crippen LogP contribution in [-0.4, -0.2) is 27.3 Å². The summed E-state index contributed by atoms with van der Waals surface area (Å²) in [6.45, 7) is 0. The molecule has 0 radical (unpaired) electrons. The largest absolute Gasteiger partial charge is 0.497 e. The molecule has 0 saturated heterocycles. The topological polar surface area (TPSA) is 63.7 Å². The highest BCUT2D eigenvalue weighted by atomic mass is 33.1. The van der Waals surface area contributed by atoms with Crippen LogP contribution in [0.5, 0.6) is 5.75 Å². The Balaban J connectivity index is 1.64. The summed E-state index contributed by atoms with van der Waals surface area (Å²) in [5.41, 5.74) is 0.971. The standard InChI is InChI=1S/C14H12N4OS2/c1-19-11-2-4-12(5-3-11)20-21-14-16-13(17-18-14)10-6-8-15-9-7-10/h2-9H,1H3,(H,16,17,18). The van der Waals surface area contributed by atoms with Crippen molar-refractivity contribution >= 4 is 21.6 Å². The van der Waals surface area contributed by atoms with Gasteiger partial charge in [0.25, 0.3) is 0 Å². The van der Waals surface area contributed by atoms with E-state index in [4.69, 9.17) is 4.74 Å². The summed E-state index contributed by atoms with van der Waals surface area (Å²) >= 11 is 0. The first-order chi connectivity index (χ1) is 10.3. The third-order valence-electron chi connectivity index (χ3n) is 2.69. The Morgan fingerprint density at radius 3 is 2.48 bits per heavy atom. The van der Waals surface area contributed by atoms with Gasteiger partial charge >= 0.3 is 0 Å². The molecule has 2 aromatic heterocycles. The van der Waals surface area contributed by atoms with Gasteiger partial charge in [-0.1, -0.05) is 0 Å². The fraction of sp³-hybridized carbons (Fsp3) is 0.0714. The molecule has 3 rings (SSSR count). The molecule has 21 heavy (non-hydrogen) atoms. The molecule has 0 aliphatic rings. The Hall–Kier alpha value is -1.99. The van der Waals surface area contributed by atoms with Crippen LogP contribution >= 0.6 is 21.6 Å². The smallest absolute Gasteiger partial charge is 0.219 e. The zero-order valence-corrected chi connectivity index (χ0v) is 12.8. The summed E-state index contributed by atoms with van der Waals surface area (Å²) in [5, 5.41) is 7.83. The van der Waals surface area contributed by atoms with Gasteiger partial charge < -0.3 is 4.74 Å². The quantitative estimate of drug-likeness (QED) is 0.725. The molecular weight excluding hydrogens is 304 g/mol. The summed E-state index contributed by atoms with van der Waals surface area (Å²) in [6, 6.07) is 11.7. The number of pyridine rings is 1. The van der Waals surface area contributed by atoms with Gasteiger partial charge in [-0.05, 0) is 58.0 Å². The van der Waals surface area contributed by atoms with Crippen LogP contribution < -0.4 is 4.74 Å². The van der Waals surface area contributed by atoms with Crippen molar-refractivity contribution in [2.45, 2.75) is 10.1 Å². The normalized spacial score (nSPS) is 10.5. The minimum Gasteiger partial charge on any atom is -0.497 e. The molecule has 5 nitrogen and oxygen atoms in total. The van der Waals surface area contributed by atoms with Crippen LogP contribution in [0.1, 0.15) is 0 Å². The number of aromatic amines is 1. The van der Waals surface area contributed by atoms with E-state index in [9.17, 15) is 0 Å². The lowest BCUT2D eigenvalue weighted by atomic mass is 10.3. The van der Waals surface area contributed by atoms with Crippen LogP contribution in [0.3, 0.4) is 0 Å². The van der Waals surface area contributed by atoms with E-state index in [-0.39, 0.29) is 0 Å². The first-order valence-corrected chi connectivity index (χ1v) is 8.31. The van der Waals surface area contributed by atoms with Gasteiger partial charge in [0.15, 0.2) is 5.82 Å². The average Bonchev–Trinajstić information content (AvgIpc) is 3.03. The molecule has 1 N–H and O–H groups in total. The van der Waals surface area contributed by atoms with E-state index in [1.807, 2.05) is 36.4 Å². The molecular formula is C14H12N4OS2. The second-order valence-electron chi connectivity index (χ2n) is 4.04. The number of nitrogens with zero attached hydrogens (tertiary/aromatic N) is 3. The predicted molar refractivity (Wildman–Crippen MR) is 84.3 cm³/mol. The second-order valence-corrected chi connectivity index (χ2v) is 6.21. The Bertz CT molecular complexity index is 701. The summed E-state index contributed by atoms with van der Waals surface area (Å²) in [7, 11) is 4.77. The van der Waals surface area contributed by atoms with Crippen LogP contribution in [-0.2, 0) is 0 Å². The van der Waals surface area contributed by atoms with Crippen molar-refractivity contribution in [3.05, 3.63) is 48.8 Å². The molecule has 0 atom stereocenters. The third-order valence-corrected chi connectivity index (χ3v) is 4.84. The molecule has 0 bridgehead atoms. The maximum Gasteiger partial charge on any atom is 0.219 e. The molecule has 2 heterocycles. The van der Waals surface area contributed by atoms with E-state index in [2.05, 4.69) is 20.2 Å². The highest BCUT2D eigenvalue weighted by molar-refractivity contribution is 8.76. The fourth-order valence-electron chi connectivity index (χ4n) is 1.64. The monoisotopic (exact) mass is 316 g/mol. The van der Waals surface area contributed by atoms with Crippen molar-refractivity contribution in [1.82, 2.24) is 20.2 Å². The van der Waals surface area contributed by atoms with Crippen LogP contribution in [0.15, 0.2) is 58.8 Å². The first-order valence-electron chi connectivity index (χ1n) is 6.16. The molecule has 1 aromatic carbocycles. The summed E-state index contributed by atoms with van der Waals surface area (Å²) < 4.78 is 5.13. The van der Waals surface area contributed by atoms with E-state index in [0.29, 0.717) is 5.16 Å². The number of benzene rings is 1. The van der Waals surface area contributed by atoms with Gasteiger partial charge in [-0.2, -0.15) is 0 Å². The molecule has 0 saturated carbocycles. The van der Waals surface area contributed by atoms with Gasteiger partial charge in [-0.3, -0.25) is 10.1 Å². The lowest BCUT2D eigenvalue weighted by molar-refractivity contribution is 0.414. The van der Waals surface area contributed by atoms with Gasteiger partial charge in [-0.25, -0.2) is 4.98 Å². The number of nitrogens with one attached hydrogen (secondary N) is 1.